The predicted octanol–water partition coefficient (Wildman–Crippen LogP) is 3.87. The number of alkyl halides is 3. The summed E-state index contributed by atoms with van der Waals surface area (Å²) < 4.78 is 56.9. The van der Waals surface area contributed by atoms with Crippen LogP contribution in [0.25, 0.3) is 0 Å². The Morgan fingerprint density at radius 2 is 2.00 bits per heavy atom. The number of amides is 1. The lowest BCUT2D eigenvalue weighted by atomic mass is 9.98. The summed E-state index contributed by atoms with van der Waals surface area (Å²) in [4.78, 5) is 12.2. The zero-order valence-corrected chi connectivity index (χ0v) is 13.3. The molecule has 2 aromatic rings. The first kappa shape index (κ1) is 18.0. The quantitative estimate of drug-likeness (QED) is 0.857. The van der Waals surface area contributed by atoms with Crippen LogP contribution in [0, 0.1) is 19.7 Å². The standard InChI is InChI=1S/C16H16F4N2O2/c1-8(14-9(2)22-24-10(14)3)15(23)21-7-11-4-5-12(17)6-13(11)16(18,19)20/h4-6,8H,7H2,1-3H3,(H,21,23)/t8-/m0/s1. The van der Waals surface area contributed by atoms with Gasteiger partial charge in [0.1, 0.15) is 11.6 Å². The molecule has 0 saturated carbocycles. The molecule has 1 atom stereocenters. The van der Waals surface area contributed by atoms with Crippen LogP contribution in [0.3, 0.4) is 0 Å². The normalized spacial score (nSPS) is 13.0. The number of nitrogens with one attached hydrogen (secondary N) is 1. The maximum atomic E-state index is 13.1. The van der Waals surface area contributed by atoms with Gasteiger partial charge in [0.15, 0.2) is 0 Å². The van der Waals surface area contributed by atoms with Gasteiger partial charge < -0.3 is 9.84 Å². The maximum Gasteiger partial charge on any atom is 0.416 e. The van der Waals surface area contributed by atoms with Crippen LogP contribution in [-0.2, 0) is 17.5 Å². The molecule has 0 aliphatic rings. The van der Waals surface area contributed by atoms with Crippen molar-refractivity contribution in [3.8, 4) is 0 Å². The fraction of sp³-hybridized carbons (Fsp3) is 0.375. The van der Waals surface area contributed by atoms with Crippen molar-refractivity contribution in [1.82, 2.24) is 10.5 Å². The van der Waals surface area contributed by atoms with Gasteiger partial charge in [-0.15, -0.1) is 0 Å². The zero-order chi connectivity index (χ0) is 18.1. The van der Waals surface area contributed by atoms with Crippen molar-refractivity contribution >= 4 is 5.91 Å². The van der Waals surface area contributed by atoms with Crippen molar-refractivity contribution in [1.29, 1.82) is 0 Å². The first-order chi connectivity index (χ1) is 11.1. The second-order valence-corrected chi connectivity index (χ2v) is 5.48. The maximum absolute atomic E-state index is 13.1. The smallest absolute Gasteiger partial charge is 0.361 e. The Morgan fingerprint density at radius 3 is 2.54 bits per heavy atom. The van der Waals surface area contributed by atoms with Crippen molar-refractivity contribution in [2.75, 3.05) is 0 Å². The Hall–Kier alpha value is -2.38. The molecule has 0 saturated heterocycles. The highest BCUT2D eigenvalue weighted by Gasteiger charge is 2.34. The summed E-state index contributed by atoms with van der Waals surface area (Å²) in [6.07, 6.45) is -4.70. The van der Waals surface area contributed by atoms with Gasteiger partial charge in [0, 0.05) is 12.1 Å². The van der Waals surface area contributed by atoms with Gasteiger partial charge in [-0.05, 0) is 38.5 Å². The summed E-state index contributed by atoms with van der Waals surface area (Å²) >= 11 is 0. The van der Waals surface area contributed by atoms with Crippen LogP contribution in [0.4, 0.5) is 17.6 Å². The number of carbonyl (C=O) groups is 1. The van der Waals surface area contributed by atoms with Crippen molar-refractivity contribution in [2.45, 2.75) is 39.4 Å². The number of nitrogens with zero attached hydrogens (tertiary/aromatic N) is 1. The minimum Gasteiger partial charge on any atom is -0.361 e. The Kier molecular flexibility index (Phi) is 4.96. The van der Waals surface area contributed by atoms with Crippen molar-refractivity contribution in [2.24, 2.45) is 0 Å². The van der Waals surface area contributed by atoms with Crippen LogP contribution in [0.2, 0.25) is 0 Å². The Bertz CT molecular complexity index is 734. The van der Waals surface area contributed by atoms with Crippen LogP contribution in [-0.4, -0.2) is 11.1 Å². The van der Waals surface area contributed by atoms with E-state index in [4.69, 9.17) is 4.52 Å². The molecule has 0 radical (unpaired) electrons. The van der Waals surface area contributed by atoms with E-state index in [1.807, 2.05) is 0 Å². The first-order valence-corrected chi connectivity index (χ1v) is 7.17. The highest BCUT2D eigenvalue weighted by molar-refractivity contribution is 5.83. The molecule has 0 aliphatic carbocycles. The lowest BCUT2D eigenvalue weighted by Crippen LogP contribution is -2.29. The third-order valence-corrected chi connectivity index (χ3v) is 3.75. The van der Waals surface area contributed by atoms with E-state index in [9.17, 15) is 22.4 Å². The lowest BCUT2D eigenvalue weighted by molar-refractivity contribution is -0.138. The van der Waals surface area contributed by atoms with Crippen molar-refractivity contribution in [3.63, 3.8) is 0 Å². The summed E-state index contributed by atoms with van der Waals surface area (Å²) in [5, 5.41) is 6.19. The number of halogens is 4. The molecule has 0 unspecified atom stereocenters. The predicted molar refractivity (Wildman–Crippen MR) is 77.6 cm³/mol. The summed E-state index contributed by atoms with van der Waals surface area (Å²) in [7, 11) is 0. The molecule has 8 heteroatoms. The molecule has 0 aliphatic heterocycles. The molecule has 1 aromatic heterocycles. The molecule has 0 fully saturated rings. The SMILES string of the molecule is Cc1noc(C)c1[C@H](C)C(=O)NCc1ccc(F)cc1C(F)(F)F. The van der Waals surface area contributed by atoms with E-state index in [0.717, 1.165) is 12.1 Å². The number of hydrogen-bond acceptors (Lipinski definition) is 3. The molecule has 4 nitrogen and oxygen atoms in total. The molecule has 0 spiro atoms. The van der Waals surface area contributed by atoms with Gasteiger partial charge in [0.2, 0.25) is 5.91 Å². The largest absolute Gasteiger partial charge is 0.416 e. The minimum atomic E-state index is -4.70. The van der Waals surface area contributed by atoms with E-state index in [-0.39, 0.29) is 12.1 Å². The third kappa shape index (κ3) is 3.74. The molecule has 0 bridgehead atoms. The zero-order valence-electron chi connectivity index (χ0n) is 13.3. The first-order valence-electron chi connectivity index (χ1n) is 7.17. The number of aryl methyl sites for hydroxylation is 2. The molecule has 1 amide bonds. The highest BCUT2D eigenvalue weighted by Crippen LogP contribution is 2.32. The molecule has 1 N–H and O–H groups in total. The summed E-state index contributed by atoms with van der Waals surface area (Å²) in [6, 6.07) is 2.35. The van der Waals surface area contributed by atoms with Gasteiger partial charge >= 0.3 is 6.18 Å². The van der Waals surface area contributed by atoms with Crippen LogP contribution in [0.5, 0.6) is 0 Å². The fourth-order valence-electron chi connectivity index (χ4n) is 2.54. The molecule has 1 heterocycles. The van der Waals surface area contributed by atoms with Gasteiger partial charge in [0.25, 0.3) is 0 Å². The highest BCUT2D eigenvalue weighted by atomic mass is 19.4. The van der Waals surface area contributed by atoms with Gasteiger partial charge in [-0.3, -0.25) is 4.79 Å². The van der Waals surface area contributed by atoms with Crippen LogP contribution < -0.4 is 5.32 Å². The minimum absolute atomic E-state index is 0.205. The van der Waals surface area contributed by atoms with Crippen LogP contribution in [0.15, 0.2) is 22.7 Å². The molecule has 130 valence electrons. The van der Waals surface area contributed by atoms with E-state index in [1.54, 1.807) is 20.8 Å². The van der Waals surface area contributed by atoms with E-state index < -0.39 is 29.4 Å². The van der Waals surface area contributed by atoms with Crippen molar-refractivity contribution < 1.29 is 26.9 Å². The average molecular weight is 344 g/mol. The lowest BCUT2D eigenvalue weighted by Gasteiger charge is -2.15. The van der Waals surface area contributed by atoms with E-state index in [0.29, 0.717) is 23.1 Å². The Morgan fingerprint density at radius 1 is 1.33 bits per heavy atom. The van der Waals surface area contributed by atoms with Gasteiger partial charge in [-0.2, -0.15) is 13.2 Å². The van der Waals surface area contributed by atoms with E-state index >= 15 is 0 Å². The Labute approximate surface area is 135 Å². The molecule has 24 heavy (non-hydrogen) atoms. The van der Waals surface area contributed by atoms with E-state index in [2.05, 4.69) is 10.5 Å². The Balaban J connectivity index is 2.15. The van der Waals surface area contributed by atoms with Gasteiger partial charge in [-0.25, -0.2) is 4.39 Å². The monoisotopic (exact) mass is 344 g/mol. The topological polar surface area (TPSA) is 55.1 Å². The van der Waals surface area contributed by atoms with Crippen molar-refractivity contribution in [3.05, 3.63) is 52.2 Å². The number of benzene rings is 1. The molecule has 1 aromatic carbocycles. The third-order valence-electron chi connectivity index (χ3n) is 3.75. The average Bonchev–Trinajstić information content (AvgIpc) is 2.83. The van der Waals surface area contributed by atoms with Crippen LogP contribution in [0.1, 0.15) is 41.0 Å². The second kappa shape index (κ2) is 6.62. The van der Waals surface area contributed by atoms with Crippen LogP contribution >= 0.6 is 0 Å². The second-order valence-electron chi connectivity index (χ2n) is 5.48. The molecule has 2 rings (SSSR count). The number of carbonyl (C=O) groups excluding carboxylic acids is 1. The van der Waals surface area contributed by atoms with Gasteiger partial charge in [0.05, 0.1) is 17.2 Å². The summed E-state index contributed by atoms with van der Waals surface area (Å²) in [6.45, 7) is 4.58. The molecular formula is C16H16F4N2O2. The fourth-order valence-corrected chi connectivity index (χ4v) is 2.54. The number of hydrogen-bond donors (Lipinski definition) is 1. The molecular weight excluding hydrogens is 328 g/mol. The van der Waals surface area contributed by atoms with Gasteiger partial charge in [-0.1, -0.05) is 11.2 Å². The van der Waals surface area contributed by atoms with E-state index in [1.165, 1.54) is 0 Å². The summed E-state index contributed by atoms with van der Waals surface area (Å²) in [5.74, 6) is -1.61. The number of aromatic nitrogens is 1. The summed E-state index contributed by atoms with van der Waals surface area (Å²) in [5.41, 5.74) is -0.161. The number of rotatable bonds is 4.